The van der Waals surface area contributed by atoms with Gasteiger partial charge in [0.25, 0.3) is 0 Å². The van der Waals surface area contributed by atoms with Crippen molar-refractivity contribution < 1.29 is 29.0 Å². The standard InChI is InChI=1S/C20H38O2.Zn/c1-3-4-5-6-7-8-9-10-11-12-13-14-15-16-17-18-19-22-20(2)21;/h18-19H,3-17H2,1-2H3;. The molecule has 0 aliphatic heterocycles. The first-order valence-corrected chi connectivity index (χ1v) is 9.59. The number of carbonyl (C=O) groups is 1. The molecule has 0 rings (SSSR count). The first-order valence-electron chi connectivity index (χ1n) is 9.59. The van der Waals surface area contributed by atoms with Gasteiger partial charge in [-0.1, -0.05) is 90.4 Å². The number of rotatable bonds is 16. The van der Waals surface area contributed by atoms with E-state index in [2.05, 4.69) is 6.92 Å². The summed E-state index contributed by atoms with van der Waals surface area (Å²) in [5.74, 6) is -0.239. The number of hydrogen-bond acceptors (Lipinski definition) is 2. The third kappa shape index (κ3) is 24.2. The van der Waals surface area contributed by atoms with Crippen LogP contribution in [-0.4, -0.2) is 5.97 Å². The molecule has 0 heterocycles. The van der Waals surface area contributed by atoms with Gasteiger partial charge in [-0.05, 0) is 18.9 Å². The van der Waals surface area contributed by atoms with Crippen LogP contribution >= 0.6 is 0 Å². The van der Waals surface area contributed by atoms with Gasteiger partial charge in [-0.3, -0.25) is 4.79 Å². The summed E-state index contributed by atoms with van der Waals surface area (Å²) in [5.41, 5.74) is 0. The van der Waals surface area contributed by atoms with Crippen molar-refractivity contribution in [3.63, 3.8) is 0 Å². The molecule has 3 heteroatoms. The van der Waals surface area contributed by atoms with E-state index >= 15 is 0 Å². The molecule has 0 radical (unpaired) electrons. The predicted octanol–water partition coefficient (Wildman–Crippen LogP) is 6.93. The van der Waals surface area contributed by atoms with Crippen LogP contribution in [0.4, 0.5) is 0 Å². The molecule has 2 nitrogen and oxygen atoms in total. The van der Waals surface area contributed by atoms with E-state index in [1.807, 2.05) is 6.08 Å². The zero-order valence-corrected chi connectivity index (χ0v) is 18.8. The van der Waals surface area contributed by atoms with E-state index in [1.54, 1.807) is 0 Å². The van der Waals surface area contributed by atoms with Crippen LogP contribution in [0.5, 0.6) is 0 Å². The molecule has 0 fully saturated rings. The maximum atomic E-state index is 10.5. The van der Waals surface area contributed by atoms with E-state index < -0.39 is 0 Å². The number of unbranched alkanes of at least 4 members (excludes halogenated alkanes) is 14. The normalized spacial score (nSPS) is 10.7. The van der Waals surface area contributed by atoms with Gasteiger partial charge in [-0.2, -0.15) is 0 Å². The van der Waals surface area contributed by atoms with Gasteiger partial charge >= 0.3 is 5.97 Å². The van der Waals surface area contributed by atoms with Gasteiger partial charge in [0.1, 0.15) is 0 Å². The van der Waals surface area contributed by atoms with Gasteiger partial charge < -0.3 is 4.74 Å². The summed E-state index contributed by atoms with van der Waals surface area (Å²) < 4.78 is 4.74. The van der Waals surface area contributed by atoms with Gasteiger partial charge in [-0.15, -0.1) is 0 Å². The number of esters is 1. The molecular formula is C20H38O2Zn. The Morgan fingerprint density at radius 1 is 0.739 bits per heavy atom. The van der Waals surface area contributed by atoms with Crippen molar-refractivity contribution in [2.24, 2.45) is 0 Å². The van der Waals surface area contributed by atoms with Gasteiger partial charge in [0.05, 0.1) is 6.26 Å². The van der Waals surface area contributed by atoms with Crippen molar-refractivity contribution in [3.05, 3.63) is 12.3 Å². The van der Waals surface area contributed by atoms with E-state index in [0.717, 1.165) is 6.42 Å². The monoisotopic (exact) mass is 374 g/mol. The van der Waals surface area contributed by atoms with Gasteiger partial charge in [-0.25, -0.2) is 0 Å². The summed E-state index contributed by atoms with van der Waals surface area (Å²) in [6.45, 7) is 3.70. The second kappa shape index (κ2) is 21.8. The Morgan fingerprint density at radius 2 is 1.13 bits per heavy atom. The Hall–Kier alpha value is -0.167. The quantitative estimate of drug-likeness (QED) is 0.126. The maximum absolute atomic E-state index is 10.5. The topological polar surface area (TPSA) is 26.3 Å². The third-order valence-corrected chi connectivity index (χ3v) is 4.05. The number of hydrogen-bond donors (Lipinski definition) is 0. The van der Waals surface area contributed by atoms with E-state index in [4.69, 9.17) is 4.74 Å². The van der Waals surface area contributed by atoms with Crippen molar-refractivity contribution >= 4 is 5.97 Å². The van der Waals surface area contributed by atoms with Gasteiger partial charge in [0, 0.05) is 26.4 Å². The summed E-state index contributed by atoms with van der Waals surface area (Å²) in [6, 6.07) is 0. The predicted molar refractivity (Wildman–Crippen MR) is 95.8 cm³/mol. The van der Waals surface area contributed by atoms with Crippen LogP contribution in [0.15, 0.2) is 12.3 Å². The Bertz CT molecular complexity index is 264. The Morgan fingerprint density at radius 3 is 1.52 bits per heavy atom. The fourth-order valence-electron chi connectivity index (χ4n) is 2.67. The van der Waals surface area contributed by atoms with E-state index in [1.165, 1.54) is 103 Å². The molecule has 0 aromatic rings. The van der Waals surface area contributed by atoms with E-state index in [0.29, 0.717) is 0 Å². The van der Waals surface area contributed by atoms with Crippen LogP contribution < -0.4 is 0 Å². The molecule has 0 aromatic heterocycles. The molecule has 0 aliphatic carbocycles. The van der Waals surface area contributed by atoms with Crippen molar-refractivity contribution in [3.8, 4) is 0 Å². The van der Waals surface area contributed by atoms with E-state index in [-0.39, 0.29) is 25.4 Å². The van der Waals surface area contributed by atoms with Crippen molar-refractivity contribution in [2.75, 3.05) is 0 Å². The van der Waals surface area contributed by atoms with Crippen LogP contribution in [-0.2, 0) is 29.0 Å². The summed E-state index contributed by atoms with van der Waals surface area (Å²) in [4.78, 5) is 10.5. The molecule has 0 aromatic carbocycles. The SMILES string of the molecule is CCCCCCCCCCCCCCCCC=COC(C)=O.[Zn]. The summed E-state index contributed by atoms with van der Waals surface area (Å²) in [6.07, 6.45) is 23.9. The molecule has 132 valence electrons. The van der Waals surface area contributed by atoms with Gasteiger partial charge in [0.15, 0.2) is 0 Å². The minimum absolute atomic E-state index is 0. The van der Waals surface area contributed by atoms with Crippen LogP contribution in [0.2, 0.25) is 0 Å². The minimum Gasteiger partial charge on any atom is -0.435 e. The Kier molecular flexibility index (Phi) is 23.8. The molecule has 0 amide bonds. The zero-order valence-electron chi connectivity index (χ0n) is 15.8. The second-order valence-electron chi connectivity index (χ2n) is 6.37. The minimum atomic E-state index is -0.239. The summed E-state index contributed by atoms with van der Waals surface area (Å²) >= 11 is 0. The first kappa shape index (κ1) is 25.1. The molecule has 23 heavy (non-hydrogen) atoms. The number of carbonyl (C=O) groups excluding carboxylic acids is 1. The maximum Gasteiger partial charge on any atom is 0.307 e. The third-order valence-electron chi connectivity index (χ3n) is 4.05. The van der Waals surface area contributed by atoms with Crippen molar-refractivity contribution in [2.45, 2.75) is 110 Å². The largest absolute Gasteiger partial charge is 0.435 e. The molecule has 0 saturated heterocycles. The van der Waals surface area contributed by atoms with Crippen LogP contribution in [0.25, 0.3) is 0 Å². The first-order chi connectivity index (χ1) is 10.8. The van der Waals surface area contributed by atoms with Crippen molar-refractivity contribution in [1.29, 1.82) is 0 Å². The summed E-state index contributed by atoms with van der Waals surface area (Å²) in [5, 5.41) is 0. The Balaban J connectivity index is 0. The Labute approximate surface area is 157 Å². The molecule has 0 spiro atoms. The number of allylic oxidation sites excluding steroid dienone is 1. The molecule has 0 unspecified atom stereocenters. The average molecular weight is 376 g/mol. The molecule has 0 N–H and O–H groups in total. The average Bonchev–Trinajstić information content (AvgIpc) is 2.50. The molecule has 0 atom stereocenters. The molecular weight excluding hydrogens is 338 g/mol. The van der Waals surface area contributed by atoms with Gasteiger partial charge in [0.2, 0.25) is 0 Å². The molecule has 0 bridgehead atoms. The van der Waals surface area contributed by atoms with Crippen LogP contribution in [0, 0.1) is 0 Å². The summed E-state index contributed by atoms with van der Waals surface area (Å²) in [7, 11) is 0. The van der Waals surface area contributed by atoms with Crippen LogP contribution in [0.3, 0.4) is 0 Å². The fraction of sp³-hybridized carbons (Fsp3) is 0.850. The number of ether oxygens (including phenoxy) is 1. The zero-order chi connectivity index (χ0) is 16.3. The molecule has 0 aliphatic rings. The van der Waals surface area contributed by atoms with Crippen LogP contribution in [0.1, 0.15) is 110 Å². The second-order valence-corrected chi connectivity index (χ2v) is 6.37. The smallest absolute Gasteiger partial charge is 0.307 e. The van der Waals surface area contributed by atoms with E-state index in [9.17, 15) is 4.79 Å². The molecule has 0 saturated carbocycles. The fourth-order valence-corrected chi connectivity index (χ4v) is 2.67. The van der Waals surface area contributed by atoms with Crippen molar-refractivity contribution in [1.82, 2.24) is 0 Å².